The van der Waals surface area contributed by atoms with Crippen LogP contribution in [0.4, 0.5) is 5.82 Å². The highest BCUT2D eigenvalue weighted by Gasteiger charge is 2.11. The van der Waals surface area contributed by atoms with E-state index in [1.165, 1.54) is 11.3 Å². The first-order valence-corrected chi connectivity index (χ1v) is 7.99. The Morgan fingerprint density at radius 1 is 1.39 bits per heavy atom. The third kappa shape index (κ3) is 3.82. The number of anilines is 1. The molecule has 0 aliphatic carbocycles. The highest BCUT2D eigenvalue weighted by molar-refractivity contribution is 7.13. The van der Waals surface area contributed by atoms with Crippen LogP contribution in [-0.2, 0) is 17.8 Å². The zero-order valence-corrected chi connectivity index (χ0v) is 13.4. The molecule has 7 heteroatoms. The van der Waals surface area contributed by atoms with E-state index in [-0.39, 0.29) is 12.3 Å². The maximum Gasteiger partial charge on any atom is 0.231 e. The molecule has 0 atom stereocenters. The first kappa shape index (κ1) is 15.4. The van der Waals surface area contributed by atoms with Gasteiger partial charge in [-0.2, -0.15) is 0 Å². The summed E-state index contributed by atoms with van der Waals surface area (Å²) in [6.45, 7) is 2.26. The van der Waals surface area contributed by atoms with Crippen molar-refractivity contribution in [2.75, 3.05) is 5.32 Å². The lowest BCUT2D eigenvalue weighted by atomic mass is 10.1. The topological polar surface area (TPSA) is 94.0 Å². The van der Waals surface area contributed by atoms with Crippen LogP contribution in [0.25, 0.3) is 10.6 Å². The van der Waals surface area contributed by atoms with Crippen LogP contribution in [0.2, 0.25) is 0 Å². The molecule has 3 rings (SSSR count). The number of nitrogens with zero attached hydrogens (tertiary/aromatic N) is 2. The van der Waals surface area contributed by atoms with Crippen molar-refractivity contribution in [3.63, 3.8) is 0 Å². The van der Waals surface area contributed by atoms with Gasteiger partial charge in [0.15, 0.2) is 5.82 Å². The summed E-state index contributed by atoms with van der Waals surface area (Å²) in [5.74, 6) is 0.889. The maximum absolute atomic E-state index is 12.0. The Morgan fingerprint density at radius 2 is 2.26 bits per heavy atom. The number of hydrogen-bond donors (Lipinski definition) is 2. The van der Waals surface area contributed by atoms with Gasteiger partial charge in [-0.05, 0) is 18.6 Å². The highest BCUT2D eigenvalue weighted by atomic mass is 32.1. The minimum Gasteiger partial charge on any atom is -0.360 e. The minimum atomic E-state index is -0.175. The van der Waals surface area contributed by atoms with Crippen molar-refractivity contribution >= 4 is 23.1 Å². The lowest BCUT2D eigenvalue weighted by molar-refractivity contribution is -0.115. The van der Waals surface area contributed by atoms with Crippen LogP contribution in [-0.4, -0.2) is 16.0 Å². The van der Waals surface area contributed by atoms with Crippen molar-refractivity contribution in [1.29, 1.82) is 0 Å². The minimum absolute atomic E-state index is 0.175. The third-order valence-electron chi connectivity index (χ3n) is 3.20. The Bertz CT molecular complexity index is 825. The number of nitrogens with one attached hydrogen (secondary N) is 1. The van der Waals surface area contributed by atoms with Gasteiger partial charge in [0, 0.05) is 23.6 Å². The van der Waals surface area contributed by atoms with Crippen molar-refractivity contribution < 1.29 is 9.32 Å². The molecule has 0 bridgehead atoms. The normalized spacial score (nSPS) is 10.7. The van der Waals surface area contributed by atoms with E-state index in [0.29, 0.717) is 18.1 Å². The molecule has 6 nitrogen and oxygen atoms in total. The van der Waals surface area contributed by atoms with Crippen molar-refractivity contribution in [3.05, 3.63) is 52.7 Å². The lowest BCUT2D eigenvalue weighted by Crippen LogP contribution is -2.14. The van der Waals surface area contributed by atoms with Crippen molar-refractivity contribution in [3.8, 4) is 10.6 Å². The number of aryl methyl sites for hydroxylation is 1. The molecule has 2 aromatic heterocycles. The molecule has 0 aliphatic rings. The van der Waals surface area contributed by atoms with Gasteiger partial charge in [0.05, 0.1) is 12.1 Å². The van der Waals surface area contributed by atoms with E-state index in [2.05, 4.69) is 15.5 Å². The standard InChI is InChI=1S/C16H16N4O2S/c1-10-5-14(20-22-10)19-15(21)7-13-9-23-16(18-13)12-4-2-3-11(6-12)8-17/h2-6,9H,7-8,17H2,1H3,(H,19,20,21). The molecule has 0 radical (unpaired) electrons. The zero-order chi connectivity index (χ0) is 16.2. The van der Waals surface area contributed by atoms with E-state index in [0.717, 1.165) is 21.8 Å². The fraction of sp³-hybridized carbons (Fsp3) is 0.188. The summed E-state index contributed by atoms with van der Waals surface area (Å²) in [6.07, 6.45) is 0.193. The van der Waals surface area contributed by atoms with E-state index in [1.807, 2.05) is 29.6 Å². The number of amides is 1. The van der Waals surface area contributed by atoms with Crippen LogP contribution in [0.1, 0.15) is 17.0 Å². The molecular formula is C16H16N4O2S. The van der Waals surface area contributed by atoms with Crippen LogP contribution in [0, 0.1) is 6.92 Å². The second-order valence-corrected chi connectivity index (χ2v) is 5.95. The highest BCUT2D eigenvalue weighted by Crippen LogP contribution is 2.24. The van der Waals surface area contributed by atoms with Gasteiger partial charge in [-0.1, -0.05) is 23.4 Å². The molecule has 0 unspecified atom stereocenters. The number of rotatable bonds is 5. The first-order valence-electron chi connectivity index (χ1n) is 7.11. The summed E-state index contributed by atoms with van der Waals surface area (Å²) in [4.78, 5) is 16.5. The number of aromatic nitrogens is 2. The Hall–Kier alpha value is -2.51. The van der Waals surface area contributed by atoms with Crippen molar-refractivity contribution in [2.24, 2.45) is 5.73 Å². The lowest BCUT2D eigenvalue weighted by Gasteiger charge is -2.00. The van der Waals surface area contributed by atoms with Gasteiger partial charge in [-0.3, -0.25) is 4.79 Å². The number of hydrogen-bond acceptors (Lipinski definition) is 6. The molecule has 0 saturated carbocycles. The Labute approximate surface area is 137 Å². The second kappa shape index (κ2) is 6.72. The monoisotopic (exact) mass is 328 g/mol. The van der Waals surface area contributed by atoms with Crippen LogP contribution in [0.15, 0.2) is 40.2 Å². The van der Waals surface area contributed by atoms with Gasteiger partial charge in [-0.25, -0.2) is 4.98 Å². The molecule has 0 spiro atoms. The zero-order valence-electron chi connectivity index (χ0n) is 12.6. The predicted molar refractivity (Wildman–Crippen MR) is 89.0 cm³/mol. The van der Waals surface area contributed by atoms with Gasteiger partial charge in [0.2, 0.25) is 5.91 Å². The molecule has 118 valence electrons. The first-order chi connectivity index (χ1) is 11.1. The molecule has 3 aromatic rings. The van der Waals surface area contributed by atoms with Gasteiger partial charge < -0.3 is 15.6 Å². The van der Waals surface area contributed by atoms with E-state index >= 15 is 0 Å². The van der Waals surface area contributed by atoms with E-state index < -0.39 is 0 Å². The summed E-state index contributed by atoms with van der Waals surface area (Å²) in [6, 6.07) is 9.60. The summed E-state index contributed by atoms with van der Waals surface area (Å²) in [5.41, 5.74) is 8.45. The average molecular weight is 328 g/mol. The predicted octanol–water partition coefficient (Wildman–Crippen LogP) is 2.75. The molecule has 1 amide bonds. The third-order valence-corrected chi connectivity index (χ3v) is 4.14. The maximum atomic E-state index is 12.0. The molecule has 0 fully saturated rings. The van der Waals surface area contributed by atoms with E-state index in [1.54, 1.807) is 13.0 Å². The summed E-state index contributed by atoms with van der Waals surface area (Å²) >= 11 is 1.51. The largest absolute Gasteiger partial charge is 0.360 e. The Morgan fingerprint density at radius 3 is 3.00 bits per heavy atom. The van der Waals surface area contributed by atoms with Crippen LogP contribution < -0.4 is 11.1 Å². The SMILES string of the molecule is Cc1cc(NC(=O)Cc2csc(-c3cccc(CN)c3)n2)no1. The Balaban J connectivity index is 1.68. The van der Waals surface area contributed by atoms with Crippen LogP contribution in [0.3, 0.4) is 0 Å². The van der Waals surface area contributed by atoms with Crippen LogP contribution >= 0.6 is 11.3 Å². The molecular weight excluding hydrogens is 312 g/mol. The van der Waals surface area contributed by atoms with Crippen LogP contribution in [0.5, 0.6) is 0 Å². The molecule has 3 N–H and O–H groups in total. The van der Waals surface area contributed by atoms with E-state index in [9.17, 15) is 4.79 Å². The fourth-order valence-electron chi connectivity index (χ4n) is 2.13. The summed E-state index contributed by atoms with van der Waals surface area (Å²) in [7, 11) is 0. The number of carbonyl (C=O) groups excluding carboxylic acids is 1. The average Bonchev–Trinajstić information content (AvgIpc) is 3.16. The smallest absolute Gasteiger partial charge is 0.231 e. The quantitative estimate of drug-likeness (QED) is 0.751. The number of nitrogens with two attached hydrogens (primary N) is 1. The van der Waals surface area contributed by atoms with Gasteiger partial charge in [0.1, 0.15) is 10.8 Å². The molecule has 0 saturated heterocycles. The second-order valence-electron chi connectivity index (χ2n) is 5.10. The number of benzene rings is 1. The van der Waals surface area contributed by atoms with Gasteiger partial charge in [0.25, 0.3) is 0 Å². The number of thiazole rings is 1. The van der Waals surface area contributed by atoms with Crippen molar-refractivity contribution in [1.82, 2.24) is 10.1 Å². The van der Waals surface area contributed by atoms with Gasteiger partial charge in [-0.15, -0.1) is 11.3 Å². The van der Waals surface area contributed by atoms with E-state index in [4.69, 9.17) is 10.3 Å². The molecule has 1 aromatic carbocycles. The summed E-state index contributed by atoms with van der Waals surface area (Å²) in [5, 5.41) is 9.18. The summed E-state index contributed by atoms with van der Waals surface area (Å²) < 4.78 is 4.91. The number of carbonyl (C=O) groups is 1. The molecule has 23 heavy (non-hydrogen) atoms. The molecule has 0 aliphatic heterocycles. The fourth-order valence-corrected chi connectivity index (χ4v) is 2.95. The molecule has 2 heterocycles. The Kier molecular flexibility index (Phi) is 4.50. The van der Waals surface area contributed by atoms with Crippen molar-refractivity contribution in [2.45, 2.75) is 19.9 Å². The van der Waals surface area contributed by atoms with Gasteiger partial charge >= 0.3 is 0 Å².